The van der Waals surface area contributed by atoms with Crippen LogP contribution in [0.3, 0.4) is 0 Å². The van der Waals surface area contributed by atoms with E-state index in [1.54, 1.807) is 6.07 Å². The van der Waals surface area contributed by atoms with Crippen LogP contribution in [0.1, 0.15) is 12.5 Å². The lowest BCUT2D eigenvalue weighted by Gasteiger charge is -2.09. The molecule has 124 valence electrons. The van der Waals surface area contributed by atoms with Crippen molar-refractivity contribution in [2.24, 2.45) is 0 Å². The maximum absolute atomic E-state index is 12.9. The van der Waals surface area contributed by atoms with Crippen LogP contribution in [0, 0.1) is 0 Å². The molecule has 3 rings (SSSR count). The molecule has 0 fully saturated rings. The van der Waals surface area contributed by atoms with E-state index in [-0.39, 0.29) is 23.2 Å². The minimum atomic E-state index is -4.45. The van der Waals surface area contributed by atoms with Gasteiger partial charge in [-0.25, -0.2) is 4.98 Å². The first-order chi connectivity index (χ1) is 11.3. The van der Waals surface area contributed by atoms with Crippen LogP contribution >= 0.6 is 0 Å². The highest BCUT2D eigenvalue weighted by Crippen LogP contribution is 2.31. The zero-order valence-electron chi connectivity index (χ0n) is 12.7. The number of aromatic nitrogens is 4. The molecule has 0 saturated carbocycles. The molecule has 0 atom stereocenters. The van der Waals surface area contributed by atoms with Crippen molar-refractivity contribution in [1.82, 2.24) is 19.6 Å². The minimum Gasteiger partial charge on any atom is -0.283 e. The Labute approximate surface area is 134 Å². The summed E-state index contributed by atoms with van der Waals surface area (Å²) < 4.78 is 40.0. The molecule has 2 heterocycles. The summed E-state index contributed by atoms with van der Waals surface area (Å²) in [4.78, 5) is 21.0. The van der Waals surface area contributed by atoms with Crippen LogP contribution in [0.5, 0.6) is 0 Å². The summed E-state index contributed by atoms with van der Waals surface area (Å²) in [5.74, 6) is 0.0810. The van der Waals surface area contributed by atoms with E-state index >= 15 is 0 Å². The summed E-state index contributed by atoms with van der Waals surface area (Å²) in [5, 5.41) is 4.17. The third-order valence-corrected chi connectivity index (χ3v) is 3.46. The topological polar surface area (TPSA) is 63.4 Å². The van der Waals surface area contributed by atoms with Crippen LogP contribution in [-0.2, 0) is 11.0 Å². The molecule has 0 spiro atoms. The number of benzene rings is 1. The highest BCUT2D eigenvalue weighted by Gasteiger charge is 2.30. The van der Waals surface area contributed by atoms with Crippen LogP contribution in [0.4, 0.5) is 19.1 Å². The zero-order chi connectivity index (χ0) is 17.5. The normalized spacial score (nSPS) is 11.7. The van der Waals surface area contributed by atoms with Gasteiger partial charge in [-0.2, -0.15) is 22.7 Å². The van der Waals surface area contributed by atoms with E-state index < -0.39 is 11.7 Å². The molecule has 24 heavy (non-hydrogen) atoms. The second kappa shape index (κ2) is 5.59. The number of alkyl halides is 3. The quantitative estimate of drug-likeness (QED) is 0.722. The molecule has 1 aromatic carbocycles. The van der Waals surface area contributed by atoms with Gasteiger partial charge in [0, 0.05) is 31.8 Å². The van der Waals surface area contributed by atoms with Gasteiger partial charge in [-0.15, -0.1) is 5.10 Å². The SMILES string of the molecule is CC(=O)N(C)c1nc2ccnc(-c3cccc(C(F)(F)F)c3)n2n1. The Morgan fingerprint density at radius 2 is 2.00 bits per heavy atom. The number of fused-ring (bicyclic) bond motifs is 1. The van der Waals surface area contributed by atoms with Crippen molar-refractivity contribution in [2.45, 2.75) is 13.1 Å². The van der Waals surface area contributed by atoms with Gasteiger partial charge in [0.05, 0.1) is 5.56 Å². The summed E-state index contributed by atoms with van der Waals surface area (Å²) >= 11 is 0. The Bertz CT molecular complexity index is 919. The van der Waals surface area contributed by atoms with E-state index in [2.05, 4.69) is 15.1 Å². The molecule has 9 heteroatoms. The fraction of sp³-hybridized carbons (Fsp3) is 0.200. The predicted molar refractivity (Wildman–Crippen MR) is 80.3 cm³/mol. The number of carbonyl (C=O) groups is 1. The third kappa shape index (κ3) is 2.80. The highest BCUT2D eigenvalue weighted by atomic mass is 19.4. The van der Waals surface area contributed by atoms with Crippen LogP contribution in [-0.4, -0.2) is 32.5 Å². The maximum atomic E-state index is 12.9. The first-order valence-corrected chi connectivity index (χ1v) is 6.91. The summed E-state index contributed by atoms with van der Waals surface area (Å²) in [6, 6.07) is 6.35. The third-order valence-electron chi connectivity index (χ3n) is 3.46. The van der Waals surface area contributed by atoms with Crippen LogP contribution in [0.25, 0.3) is 17.0 Å². The first-order valence-electron chi connectivity index (χ1n) is 6.91. The molecule has 2 aromatic heterocycles. The van der Waals surface area contributed by atoms with E-state index in [1.807, 2.05) is 0 Å². The summed E-state index contributed by atoms with van der Waals surface area (Å²) in [7, 11) is 1.51. The van der Waals surface area contributed by atoms with E-state index in [1.165, 1.54) is 41.7 Å². The lowest BCUT2D eigenvalue weighted by molar-refractivity contribution is -0.137. The largest absolute Gasteiger partial charge is 0.416 e. The van der Waals surface area contributed by atoms with Crippen molar-refractivity contribution in [3.05, 3.63) is 42.1 Å². The molecule has 0 bridgehead atoms. The van der Waals surface area contributed by atoms with Gasteiger partial charge in [-0.3, -0.25) is 9.69 Å². The molecule has 0 N–H and O–H groups in total. The first kappa shape index (κ1) is 15.9. The molecule has 6 nitrogen and oxygen atoms in total. The molecular weight excluding hydrogens is 323 g/mol. The van der Waals surface area contributed by atoms with Crippen molar-refractivity contribution in [3.8, 4) is 11.4 Å². The molecular formula is C15H12F3N5O. The number of halogens is 3. The fourth-order valence-electron chi connectivity index (χ4n) is 2.12. The van der Waals surface area contributed by atoms with Crippen molar-refractivity contribution in [1.29, 1.82) is 0 Å². The Hall–Kier alpha value is -2.97. The van der Waals surface area contributed by atoms with Gasteiger partial charge >= 0.3 is 6.18 Å². The second-order valence-electron chi connectivity index (χ2n) is 5.11. The molecule has 0 unspecified atom stereocenters. The molecule has 0 aliphatic rings. The average molecular weight is 335 g/mol. The monoisotopic (exact) mass is 335 g/mol. The summed E-state index contributed by atoms with van der Waals surface area (Å²) in [5.41, 5.74) is -0.155. The smallest absolute Gasteiger partial charge is 0.283 e. The highest BCUT2D eigenvalue weighted by molar-refractivity contribution is 5.89. The van der Waals surface area contributed by atoms with Gasteiger partial charge in [0.25, 0.3) is 5.95 Å². The van der Waals surface area contributed by atoms with Crippen molar-refractivity contribution in [2.75, 3.05) is 11.9 Å². The number of hydrogen-bond donors (Lipinski definition) is 0. The molecule has 0 radical (unpaired) electrons. The van der Waals surface area contributed by atoms with Crippen molar-refractivity contribution < 1.29 is 18.0 Å². The molecule has 0 saturated heterocycles. The minimum absolute atomic E-state index is 0.142. The maximum Gasteiger partial charge on any atom is 0.416 e. The molecule has 0 aliphatic heterocycles. The van der Waals surface area contributed by atoms with Gasteiger partial charge in [0.1, 0.15) is 0 Å². The number of carbonyl (C=O) groups excluding carboxylic acids is 1. The van der Waals surface area contributed by atoms with Gasteiger partial charge in [-0.1, -0.05) is 12.1 Å². The predicted octanol–water partition coefficient (Wildman–Crippen LogP) is 2.79. The van der Waals surface area contributed by atoms with Gasteiger partial charge in [0.15, 0.2) is 11.5 Å². The molecule has 3 aromatic rings. The lowest BCUT2D eigenvalue weighted by Crippen LogP contribution is -2.24. The Morgan fingerprint density at radius 1 is 1.25 bits per heavy atom. The van der Waals surface area contributed by atoms with Crippen LogP contribution < -0.4 is 4.90 Å². The number of hydrogen-bond acceptors (Lipinski definition) is 4. The van der Waals surface area contributed by atoms with Gasteiger partial charge < -0.3 is 0 Å². The Morgan fingerprint density at radius 3 is 2.67 bits per heavy atom. The fourth-order valence-corrected chi connectivity index (χ4v) is 2.12. The van der Waals surface area contributed by atoms with Gasteiger partial charge in [-0.05, 0) is 12.1 Å². The zero-order valence-corrected chi connectivity index (χ0v) is 12.7. The molecule has 0 aliphatic carbocycles. The second-order valence-corrected chi connectivity index (χ2v) is 5.11. The number of nitrogens with zero attached hydrogens (tertiary/aromatic N) is 5. The number of rotatable bonds is 2. The molecule has 1 amide bonds. The summed E-state index contributed by atoms with van der Waals surface area (Å²) in [6.45, 7) is 1.36. The van der Waals surface area contributed by atoms with Crippen molar-refractivity contribution >= 4 is 17.5 Å². The van der Waals surface area contributed by atoms with Crippen LogP contribution in [0.2, 0.25) is 0 Å². The van der Waals surface area contributed by atoms with Gasteiger partial charge in [0.2, 0.25) is 5.91 Å². The lowest BCUT2D eigenvalue weighted by atomic mass is 10.1. The average Bonchev–Trinajstić information content (AvgIpc) is 2.97. The summed E-state index contributed by atoms with van der Waals surface area (Å²) in [6.07, 6.45) is -3.02. The van der Waals surface area contributed by atoms with E-state index in [9.17, 15) is 18.0 Å². The standard InChI is InChI=1S/C15H12F3N5O/c1-9(24)22(2)14-20-12-6-7-19-13(23(12)21-14)10-4-3-5-11(8-10)15(16,17)18/h3-8H,1-2H3. The Kier molecular flexibility index (Phi) is 3.70. The van der Waals surface area contributed by atoms with Crippen LogP contribution in [0.15, 0.2) is 36.5 Å². The van der Waals surface area contributed by atoms with E-state index in [0.29, 0.717) is 5.65 Å². The number of anilines is 1. The Balaban J connectivity index is 2.15. The van der Waals surface area contributed by atoms with E-state index in [0.717, 1.165) is 12.1 Å². The van der Waals surface area contributed by atoms with Crippen molar-refractivity contribution in [3.63, 3.8) is 0 Å². The van der Waals surface area contributed by atoms with E-state index in [4.69, 9.17) is 0 Å². The number of amides is 1.